The molecule has 0 spiro atoms. The second-order valence-corrected chi connectivity index (χ2v) is 4.93. The molecule has 0 aliphatic carbocycles. The summed E-state index contributed by atoms with van der Waals surface area (Å²) < 4.78 is 0. The van der Waals surface area contributed by atoms with E-state index in [0.29, 0.717) is 11.0 Å². The molecule has 1 aliphatic rings. The molecule has 0 amide bonds. The number of aryl methyl sites for hydroxylation is 1. The molecule has 1 aromatic carbocycles. The maximum atomic E-state index is 5.77. The number of thiocarbonyl (C=S) groups is 1. The van der Waals surface area contributed by atoms with Crippen molar-refractivity contribution >= 4 is 17.2 Å². The first-order valence-electron chi connectivity index (χ1n) is 5.76. The highest BCUT2D eigenvalue weighted by atomic mass is 32.1. The maximum absolute atomic E-state index is 5.77. The van der Waals surface area contributed by atoms with E-state index in [0.717, 1.165) is 19.5 Å². The van der Waals surface area contributed by atoms with Crippen LogP contribution in [0.3, 0.4) is 0 Å². The Bertz CT molecular complexity index is 389. The minimum Gasteiger partial charge on any atom is -0.392 e. The van der Waals surface area contributed by atoms with Crippen LogP contribution in [0.5, 0.6) is 0 Å². The Morgan fingerprint density at radius 2 is 2.25 bits per heavy atom. The standard InChI is InChI=1S/C13H18N2S/c1-10-5-2-3-6-11(10)9-15-8-4-7-12(15)13(14)16/h2-3,5-6,12H,4,7-9H2,1H3,(H2,14,16). The van der Waals surface area contributed by atoms with Crippen molar-refractivity contribution in [3.8, 4) is 0 Å². The van der Waals surface area contributed by atoms with E-state index in [1.54, 1.807) is 0 Å². The molecule has 0 aromatic heterocycles. The molecule has 86 valence electrons. The zero-order chi connectivity index (χ0) is 11.5. The molecule has 3 heteroatoms. The number of nitrogens with zero attached hydrogens (tertiary/aromatic N) is 1. The summed E-state index contributed by atoms with van der Waals surface area (Å²) in [5, 5.41) is 0. The van der Waals surface area contributed by atoms with Crippen molar-refractivity contribution < 1.29 is 0 Å². The largest absolute Gasteiger partial charge is 0.392 e. The minimum absolute atomic E-state index is 0.301. The second-order valence-electron chi connectivity index (χ2n) is 4.46. The first kappa shape index (κ1) is 11.6. The molecular weight excluding hydrogens is 216 g/mol. The Hall–Kier alpha value is -0.930. The number of nitrogens with two attached hydrogens (primary N) is 1. The van der Waals surface area contributed by atoms with E-state index >= 15 is 0 Å². The van der Waals surface area contributed by atoms with E-state index in [9.17, 15) is 0 Å². The van der Waals surface area contributed by atoms with Gasteiger partial charge in [0.25, 0.3) is 0 Å². The van der Waals surface area contributed by atoms with Crippen molar-refractivity contribution in [1.29, 1.82) is 0 Å². The summed E-state index contributed by atoms with van der Waals surface area (Å²) in [6, 6.07) is 8.81. The summed E-state index contributed by atoms with van der Waals surface area (Å²) in [5.41, 5.74) is 8.49. The Kier molecular flexibility index (Phi) is 3.56. The third-order valence-electron chi connectivity index (χ3n) is 3.33. The normalized spacial score (nSPS) is 21.2. The fourth-order valence-electron chi connectivity index (χ4n) is 2.34. The van der Waals surface area contributed by atoms with Gasteiger partial charge in [0.1, 0.15) is 0 Å². The Morgan fingerprint density at radius 1 is 1.50 bits per heavy atom. The van der Waals surface area contributed by atoms with Gasteiger partial charge in [0.2, 0.25) is 0 Å². The van der Waals surface area contributed by atoms with Crippen molar-refractivity contribution in [3.63, 3.8) is 0 Å². The lowest BCUT2D eigenvalue weighted by atomic mass is 10.1. The molecule has 1 unspecified atom stereocenters. The number of hydrogen-bond donors (Lipinski definition) is 1. The summed E-state index contributed by atoms with van der Waals surface area (Å²) in [6.45, 7) is 4.23. The van der Waals surface area contributed by atoms with Gasteiger partial charge in [-0.1, -0.05) is 36.5 Å². The number of rotatable bonds is 3. The van der Waals surface area contributed by atoms with Gasteiger partial charge in [-0.3, -0.25) is 4.90 Å². The molecule has 16 heavy (non-hydrogen) atoms. The molecule has 1 saturated heterocycles. The zero-order valence-electron chi connectivity index (χ0n) is 9.65. The lowest BCUT2D eigenvalue weighted by molar-refractivity contribution is 0.294. The van der Waals surface area contributed by atoms with Gasteiger partial charge in [0.05, 0.1) is 11.0 Å². The molecule has 1 fully saturated rings. The summed E-state index contributed by atoms with van der Waals surface area (Å²) in [7, 11) is 0. The molecule has 1 aromatic rings. The number of benzene rings is 1. The lowest BCUT2D eigenvalue weighted by Gasteiger charge is -2.24. The van der Waals surface area contributed by atoms with Crippen molar-refractivity contribution in [2.75, 3.05) is 6.54 Å². The fourth-order valence-corrected chi connectivity index (χ4v) is 2.61. The summed E-state index contributed by atoms with van der Waals surface area (Å²) in [6.07, 6.45) is 2.31. The molecule has 0 bridgehead atoms. The summed E-state index contributed by atoms with van der Waals surface area (Å²) in [4.78, 5) is 3.04. The van der Waals surface area contributed by atoms with Crippen LogP contribution >= 0.6 is 12.2 Å². The van der Waals surface area contributed by atoms with Gasteiger partial charge in [0.15, 0.2) is 0 Å². The highest BCUT2D eigenvalue weighted by molar-refractivity contribution is 7.80. The van der Waals surface area contributed by atoms with E-state index in [2.05, 4.69) is 36.1 Å². The van der Waals surface area contributed by atoms with Crippen LogP contribution in [0.4, 0.5) is 0 Å². The first-order chi connectivity index (χ1) is 7.68. The smallest absolute Gasteiger partial charge is 0.0902 e. The van der Waals surface area contributed by atoms with Crippen molar-refractivity contribution in [2.24, 2.45) is 5.73 Å². The Balaban J connectivity index is 2.10. The van der Waals surface area contributed by atoms with Crippen LogP contribution in [0.15, 0.2) is 24.3 Å². The Labute approximate surface area is 102 Å². The van der Waals surface area contributed by atoms with Gasteiger partial charge in [-0.15, -0.1) is 0 Å². The lowest BCUT2D eigenvalue weighted by Crippen LogP contribution is -2.38. The van der Waals surface area contributed by atoms with E-state index in [1.807, 2.05) is 0 Å². The third-order valence-corrected chi connectivity index (χ3v) is 3.60. The predicted molar refractivity (Wildman–Crippen MR) is 71.4 cm³/mol. The monoisotopic (exact) mass is 234 g/mol. The van der Waals surface area contributed by atoms with E-state index in [1.165, 1.54) is 17.5 Å². The average molecular weight is 234 g/mol. The molecule has 0 radical (unpaired) electrons. The van der Waals surface area contributed by atoms with E-state index in [4.69, 9.17) is 18.0 Å². The molecule has 1 aliphatic heterocycles. The highest BCUT2D eigenvalue weighted by Gasteiger charge is 2.26. The van der Waals surface area contributed by atoms with Gasteiger partial charge in [-0.05, 0) is 37.4 Å². The highest BCUT2D eigenvalue weighted by Crippen LogP contribution is 2.21. The molecule has 2 nitrogen and oxygen atoms in total. The Morgan fingerprint density at radius 3 is 2.94 bits per heavy atom. The van der Waals surface area contributed by atoms with E-state index in [-0.39, 0.29) is 0 Å². The zero-order valence-corrected chi connectivity index (χ0v) is 10.5. The second kappa shape index (κ2) is 4.93. The van der Waals surface area contributed by atoms with Gasteiger partial charge in [-0.2, -0.15) is 0 Å². The predicted octanol–water partition coefficient (Wildman–Crippen LogP) is 2.25. The minimum atomic E-state index is 0.301. The van der Waals surface area contributed by atoms with Crippen LogP contribution in [0.1, 0.15) is 24.0 Å². The van der Waals surface area contributed by atoms with Crippen LogP contribution in [0.2, 0.25) is 0 Å². The van der Waals surface area contributed by atoms with Crippen LogP contribution in [0.25, 0.3) is 0 Å². The van der Waals surface area contributed by atoms with Crippen molar-refractivity contribution in [1.82, 2.24) is 4.90 Å². The number of likely N-dealkylation sites (tertiary alicyclic amines) is 1. The van der Waals surface area contributed by atoms with Gasteiger partial charge in [-0.25, -0.2) is 0 Å². The first-order valence-corrected chi connectivity index (χ1v) is 6.17. The van der Waals surface area contributed by atoms with Crippen LogP contribution in [-0.2, 0) is 6.54 Å². The molecule has 2 rings (SSSR count). The average Bonchev–Trinajstić information content (AvgIpc) is 2.69. The van der Waals surface area contributed by atoms with Crippen molar-refractivity contribution in [2.45, 2.75) is 32.4 Å². The van der Waals surface area contributed by atoms with Crippen LogP contribution in [0, 0.1) is 6.92 Å². The molecule has 1 atom stereocenters. The van der Waals surface area contributed by atoms with Gasteiger partial charge < -0.3 is 5.73 Å². The molecule has 2 N–H and O–H groups in total. The maximum Gasteiger partial charge on any atom is 0.0902 e. The van der Waals surface area contributed by atoms with Gasteiger partial charge in [0, 0.05) is 6.54 Å². The quantitative estimate of drug-likeness (QED) is 0.813. The molecule has 1 heterocycles. The summed E-state index contributed by atoms with van der Waals surface area (Å²) in [5.74, 6) is 0. The molecule has 0 saturated carbocycles. The topological polar surface area (TPSA) is 29.3 Å². The SMILES string of the molecule is Cc1ccccc1CN1CCCC1C(N)=S. The number of hydrogen-bond acceptors (Lipinski definition) is 2. The van der Waals surface area contributed by atoms with Gasteiger partial charge >= 0.3 is 0 Å². The fraction of sp³-hybridized carbons (Fsp3) is 0.462. The van der Waals surface area contributed by atoms with Crippen LogP contribution < -0.4 is 5.73 Å². The third kappa shape index (κ3) is 2.42. The summed E-state index contributed by atoms with van der Waals surface area (Å²) >= 11 is 5.12. The van der Waals surface area contributed by atoms with E-state index < -0.39 is 0 Å². The molecular formula is C13H18N2S. The van der Waals surface area contributed by atoms with Crippen LogP contribution in [-0.4, -0.2) is 22.5 Å². The van der Waals surface area contributed by atoms with Crippen molar-refractivity contribution in [3.05, 3.63) is 35.4 Å².